The van der Waals surface area contributed by atoms with Crippen LogP contribution in [0, 0.1) is 0 Å². The van der Waals surface area contributed by atoms with Gasteiger partial charge in [0.15, 0.2) is 5.96 Å². The fourth-order valence-electron chi connectivity index (χ4n) is 2.08. The lowest BCUT2D eigenvalue weighted by Gasteiger charge is -2.10. The summed E-state index contributed by atoms with van der Waals surface area (Å²) in [7, 11) is 0. The third-order valence-corrected chi connectivity index (χ3v) is 3.00. The number of nitrogens with zero attached hydrogens (tertiary/aromatic N) is 1. The molecule has 100 valence electrons. The van der Waals surface area contributed by atoms with E-state index in [0.717, 1.165) is 19.0 Å². The number of nitrogens with one attached hydrogen (secondary N) is 2. The fraction of sp³-hybridized carbons (Fsp3) is 0.500. The Hall–Kier alpha value is -0.780. The molecule has 2 rings (SSSR count). The van der Waals surface area contributed by atoms with E-state index in [0.29, 0.717) is 12.0 Å². The van der Waals surface area contributed by atoms with Gasteiger partial charge in [-0.05, 0) is 25.8 Å². The van der Waals surface area contributed by atoms with Gasteiger partial charge in [-0.25, -0.2) is 0 Å². The SMILES string of the molecule is CCN=C(NCC)NC1CC1c1ccccc1.I. The van der Waals surface area contributed by atoms with Crippen LogP contribution >= 0.6 is 24.0 Å². The highest BCUT2D eigenvalue weighted by Crippen LogP contribution is 2.40. The summed E-state index contributed by atoms with van der Waals surface area (Å²) < 4.78 is 0. The lowest BCUT2D eigenvalue weighted by molar-refractivity contribution is 0.799. The molecule has 1 fully saturated rings. The molecule has 1 aliphatic carbocycles. The van der Waals surface area contributed by atoms with Crippen LogP contribution < -0.4 is 10.6 Å². The number of aliphatic imine (C=N–C) groups is 1. The Balaban J connectivity index is 0.00000162. The summed E-state index contributed by atoms with van der Waals surface area (Å²) >= 11 is 0. The number of hydrogen-bond donors (Lipinski definition) is 2. The zero-order chi connectivity index (χ0) is 12.1. The van der Waals surface area contributed by atoms with Crippen LogP contribution in [0.4, 0.5) is 0 Å². The Morgan fingerprint density at radius 1 is 1.28 bits per heavy atom. The monoisotopic (exact) mass is 359 g/mol. The van der Waals surface area contributed by atoms with Gasteiger partial charge in [-0.1, -0.05) is 30.3 Å². The molecule has 1 aliphatic rings. The first kappa shape index (κ1) is 15.3. The summed E-state index contributed by atoms with van der Waals surface area (Å²) in [6, 6.07) is 11.2. The smallest absolute Gasteiger partial charge is 0.191 e. The predicted octanol–water partition coefficient (Wildman–Crippen LogP) is 2.74. The van der Waals surface area contributed by atoms with E-state index in [2.05, 4.69) is 59.8 Å². The average Bonchev–Trinajstić information content (AvgIpc) is 3.10. The Morgan fingerprint density at radius 3 is 2.61 bits per heavy atom. The zero-order valence-corrected chi connectivity index (χ0v) is 13.3. The molecular weight excluding hydrogens is 337 g/mol. The minimum atomic E-state index is 0. The number of rotatable bonds is 4. The van der Waals surface area contributed by atoms with Gasteiger partial charge < -0.3 is 10.6 Å². The van der Waals surface area contributed by atoms with Crippen LogP contribution in [0.5, 0.6) is 0 Å². The van der Waals surface area contributed by atoms with Gasteiger partial charge in [0, 0.05) is 25.0 Å². The Morgan fingerprint density at radius 2 is 2.00 bits per heavy atom. The summed E-state index contributed by atoms with van der Waals surface area (Å²) in [5.41, 5.74) is 1.43. The summed E-state index contributed by atoms with van der Waals surface area (Å²) in [6.45, 7) is 5.88. The van der Waals surface area contributed by atoms with Crippen molar-refractivity contribution in [2.75, 3.05) is 13.1 Å². The molecule has 0 heterocycles. The van der Waals surface area contributed by atoms with E-state index in [-0.39, 0.29) is 24.0 Å². The van der Waals surface area contributed by atoms with Gasteiger partial charge in [0.05, 0.1) is 0 Å². The van der Waals surface area contributed by atoms with E-state index in [9.17, 15) is 0 Å². The normalized spacial score (nSPS) is 22.0. The molecule has 4 heteroatoms. The third-order valence-electron chi connectivity index (χ3n) is 3.00. The molecule has 1 aromatic rings. The maximum absolute atomic E-state index is 4.42. The van der Waals surface area contributed by atoms with E-state index < -0.39 is 0 Å². The lowest BCUT2D eigenvalue weighted by atomic mass is 10.1. The van der Waals surface area contributed by atoms with Crippen molar-refractivity contribution >= 4 is 29.9 Å². The van der Waals surface area contributed by atoms with Crippen LogP contribution in [0.2, 0.25) is 0 Å². The van der Waals surface area contributed by atoms with E-state index >= 15 is 0 Å². The average molecular weight is 359 g/mol. The second-order valence-corrected chi connectivity index (χ2v) is 4.36. The second kappa shape index (κ2) is 7.61. The van der Waals surface area contributed by atoms with Gasteiger partial charge in [-0.2, -0.15) is 0 Å². The van der Waals surface area contributed by atoms with E-state index in [4.69, 9.17) is 0 Å². The highest BCUT2D eigenvalue weighted by Gasteiger charge is 2.38. The van der Waals surface area contributed by atoms with E-state index in [1.807, 2.05) is 0 Å². The maximum atomic E-state index is 4.42. The number of hydrogen-bond acceptors (Lipinski definition) is 1. The van der Waals surface area contributed by atoms with Gasteiger partial charge in [0.2, 0.25) is 0 Å². The van der Waals surface area contributed by atoms with Crippen LogP contribution in [-0.2, 0) is 0 Å². The molecule has 0 bridgehead atoms. The van der Waals surface area contributed by atoms with Gasteiger partial charge in [0.25, 0.3) is 0 Å². The molecule has 0 saturated heterocycles. The van der Waals surface area contributed by atoms with Crippen molar-refractivity contribution < 1.29 is 0 Å². The molecule has 0 aromatic heterocycles. The first-order chi connectivity index (χ1) is 8.35. The lowest BCUT2D eigenvalue weighted by Crippen LogP contribution is -2.39. The van der Waals surface area contributed by atoms with Crippen LogP contribution in [0.3, 0.4) is 0 Å². The highest BCUT2D eigenvalue weighted by atomic mass is 127. The number of halogens is 1. The first-order valence-electron chi connectivity index (χ1n) is 6.45. The van der Waals surface area contributed by atoms with Crippen LogP contribution in [0.25, 0.3) is 0 Å². The van der Waals surface area contributed by atoms with Crippen LogP contribution in [-0.4, -0.2) is 25.1 Å². The highest BCUT2D eigenvalue weighted by molar-refractivity contribution is 14.0. The van der Waals surface area contributed by atoms with E-state index in [1.54, 1.807) is 0 Å². The molecule has 18 heavy (non-hydrogen) atoms. The zero-order valence-electron chi connectivity index (χ0n) is 11.0. The minimum absolute atomic E-state index is 0. The largest absolute Gasteiger partial charge is 0.357 e. The van der Waals surface area contributed by atoms with Crippen LogP contribution in [0.15, 0.2) is 35.3 Å². The Kier molecular flexibility index (Phi) is 6.46. The summed E-state index contributed by atoms with van der Waals surface area (Å²) in [5, 5.41) is 6.75. The van der Waals surface area contributed by atoms with E-state index in [1.165, 1.54) is 12.0 Å². The molecule has 0 spiro atoms. The standard InChI is InChI=1S/C14H21N3.HI/c1-3-15-14(16-4-2)17-13-10-12(13)11-8-6-5-7-9-11;/h5-9,12-13H,3-4,10H2,1-2H3,(H2,15,16,17);1H. The molecule has 0 aliphatic heterocycles. The maximum Gasteiger partial charge on any atom is 0.191 e. The van der Waals surface area contributed by atoms with Gasteiger partial charge in [-0.3, -0.25) is 4.99 Å². The second-order valence-electron chi connectivity index (χ2n) is 4.36. The number of benzene rings is 1. The Labute approximate surface area is 126 Å². The van der Waals surface area contributed by atoms with Crippen LogP contribution in [0.1, 0.15) is 31.7 Å². The molecule has 3 nitrogen and oxygen atoms in total. The van der Waals surface area contributed by atoms with Gasteiger partial charge in [-0.15, -0.1) is 24.0 Å². The van der Waals surface area contributed by atoms with Gasteiger partial charge >= 0.3 is 0 Å². The quantitative estimate of drug-likeness (QED) is 0.493. The molecular formula is C14H22IN3. The summed E-state index contributed by atoms with van der Waals surface area (Å²) in [4.78, 5) is 4.42. The molecule has 0 amide bonds. The molecule has 2 N–H and O–H groups in total. The first-order valence-corrected chi connectivity index (χ1v) is 6.45. The van der Waals surface area contributed by atoms with Crippen molar-refractivity contribution in [1.82, 2.24) is 10.6 Å². The predicted molar refractivity (Wildman–Crippen MR) is 87.8 cm³/mol. The molecule has 1 saturated carbocycles. The topological polar surface area (TPSA) is 36.4 Å². The summed E-state index contributed by atoms with van der Waals surface area (Å²) in [5.74, 6) is 1.59. The third kappa shape index (κ3) is 4.15. The molecule has 2 unspecified atom stereocenters. The molecule has 0 radical (unpaired) electrons. The van der Waals surface area contributed by atoms with Gasteiger partial charge in [0.1, 0.15) is 0 Å². The van der Waals surface area contributed by atoms with Crippen molar-refractivity contribution in [3.05, 3.63) is 35.9 Å². The van der Waals surface area contributed by atoms with Crippen molar-refractivity contribution in [2.45, 2.75) is 32.2 Å². The minimum Gasteiger partial charge on any atom is -0.357 e. The van der Waals surface area contributed by atoms with Crippen molar-refractivity contribution in [3.8, 4) is 0 Å². The fourth-order valence-corrected chi connectivity index (χ4v) is 2.08. The van der Waals surface area contributed by atoms with Crippen molar-refractivity contribution in [2.24, 2.45) is 4.99 Å². The van der Waals surface area contributed by atoms with Crippen molar-refractivity contribution in [1.29, 1.82) is 0 Å². The Bertz CT molecular complexity index is 378. The molecule has 2 atom stereocenters. The molecule has 1 aromatic carbocycles. The number of guanidine groups is 1. The van der Waals surface area contributed by atoms with Crippen molar-refractivity contribution in [3.63, 3.8) is 0 Å². The summed E-state index contributed by atoms with van der Waals surface area (Å²) in [6.07, 6.45) is 1.21.